The third-order valence-corrected chi connectivity index (χ3v) is 3.85. The Morgan fingerprint density at radius 3 is 2.76 bits per heavy atom. The first kappa shape index (κ1) is 12.9. The molecule has 0 bridgehead atoms. The monoisotopic (exact) mass is 299 g/mol. The van der Waals surface area contributed by atoms with E-state index >= 15 is 0 Å². The molecule has 0 spiro atoms. The van der Waals surface area contributed by atoms with E-state index in [1.165, 1.54) is 0 Å². The van der Waals surface area contributed by atoms with E-state index in [0.717, 1.165) is 35.2 Å². The van der Waals surface area contributed by atoms with Gasteiger partial charge in [0.2, 0.25) is 0 Å². The molecule has 1 aliphatic rings. The van der Waals surface area contributed by atoms with Crippen molar-refractivity contribution >= 4 is 15.9 Å². The van der Waals surface area contributed by atoms with Gasteiger partial charge in [0, 0.05) is 0 Å². The van der Waals surface area contributed by atoms with Gasteiger partial charge in [0.1, 0.15) is 5.75 Å². The number of methoxy groups -OCH3 is 1. The Labute approximate surface area is 110 Å². The summed E-state index contributed by atoms with van der Waals surface area (Å²) >= 11 is 3.47. The van der Waals surface area contributed by atoms with Crippen LogP contribution in [-0.4, -0.2) is 19.8 Å². The average molecular weight is 300 g/mol. The number of hydrogen-bond donors (Lipinski definition) is 1. The van der Waals surface area contributed by atoms with Crippen LogP contribution < -0.4 is 10.5 Å². The minimum absolute atomic E-state index is 0.393. The summed E-state index contributed by atoms with van der Waals surface area (Å²) in [5.41, 5.74) is 6.74. The summed E-state index contributed by atoms with van der Waals surface area (Å²) in [5, 5.41) is 0. The van der Waals surface area contributed by atoms with E-state index in [1.54, 1.807) is 7.11 Å². The quantitative estimate of drug-likeness (QED) is 0.909. The Hall–Kier alpha value is -0.580. The van der Waals surface area contributed by atoms with Crippen LogP contribution in [-0.2, 0) is 11.3 Å². The van der Waals surface area contributed by atoms with Crippen molar-refractivity contribution in [1.29, 1.82) is 0 Å². The lowest BCUT2D eigenvalue weighted by molar-refractivity contribution is -0.0376. The molecule has 4 heteroatoms. The minimum atomic E-state index is 0.393. The predicted molar refractivity (Wildman–Crippen MR) is 71.0 cm³/mol. The van der Waals surface area contributed by atoms with Gasteiger partial charge in [-0.05, 0) is 58.9 Å². The van der Waals surface area contributed by atoms with Gasteiger partial charge >= 0.3 is 0 Å². The Morgan fingerprint density at radius 2 is 2.18 bits per heavy atom. The first-order valence-electron chi connectivity index (χ1n) is 5.87. The van der Waals surface area contributed by atoms with Gasteiger partial charge in [0.25, 0.3) is 0 Å². The van der Waals surface area contributed by atoms with Gasteiger partial charge in [-0.2, -0.15) is 0 Å². The highest BCUT2D eigenvalue weighted by atomic mass is 79.9. The summed E-state index contributed by atoms with van der Waals surface area (Å²) in [6.07, 6.45) is 2.60. The van der Waals surface area contributed by atoms with Crippen LogP contribution in [0.1, 0.15) is 18.4 Å². The molecular weight excluding hydrogens is 282 g/mol. The zero-order valence-electron chi connectivity index (χ0n) is 9.99. The lowest BCUT2D eigenvalue weighted by atomic mass is 9.82. The molecule has 2 N–H and O–H groups in total. The summed E-state index contributed by atoms with van der Waals surface area (Å²) in [7, 11) is 1.66. The second kappa shape index (κ2) is 5.85. The SMILES string of the molecule is COc1ccc(COC2CC(CN)C2)cc1Br. The highest BCUT2D eigenvalue weighted by Gasteiger charge is 2.28. The van der Waals surface area contributed by atoms with Crippen molar-refractivity contribution in [2.75, 3.05) is 13.7 Å². The van der Waals surface area contributed by atoms with Crippen molar-refractivity contribution < 1.29 is 9.47 Å². The van der Waals surface area contributed by atoms with E-state index in [2.05, 4.69) is 15.9 Å². The average Bonchev–Trinajstić information content (AvgIpc) is 2.27. The normalized spacial score (nSPS) is 23.2. The smallest absolute Gasteiger partial charge is 0.133 e. The van der Waals surface area contributed by atoms with Crippen molar-refractivity contribution in [2.24, 2.45) is 11.7 Å². The zero-order valence-corrected chi connectivity index (χ0v) is 11.6. The van der Waals surface area contributed by atoms with Crippen molar-refractivity contribution in [1.82, 2.24) is 0 Å². The van der Waals surface area contributed by atoms with Crippen LogP contribution in [0.2, 0.25) is 0 Å². The van der Waals surface area contributed by atoms with Crippen molar-refractivity contribution in [3.63, 3.8) is 0 Å². The molecule has 0 aromatic heterocycles. The largest absolute Gasteiger partial charge is 0.496 e. The summed E-state index contributed by atoms with van der Waals surface area (Å²) in [6, 6.07) is 6.02. The molecule has 0 aliphatic heterocycles. The van der Waals surface area contributed by atoms with Crippen molar-refractivity contribution in [3.8, 4) is 5.75 Å². The second-order valence-corrected chi connectivity index (χ2v) is 5.33. The van der Waals surface area contributed by atoms with E-state index in [4.69, 9.17) is 15.2 Å². The standard InChI is InChI=1S/C13H18BrNO2/c1-16-13-3-2-9(6-12(13)14)8-17-11-4-10(5-11)7-15/h2-3,6,10-11H,4-5,7-8,15H2,1H3. The Kier molecular flexibility index (Phi) is 4.42. The van der Waals surface area contributed by atoms with Gasteiger partial charge in [0.05, 0.1) is 24.3 Å². The lowest BCUT2D eigenvalue weighted by Crippen LogP contribution is -2.35. The Balaban J connectivity index is 1.81. The van der Waals surface area contributed by atoms with E-state index < -0.39 is 0 Å². The van der Waals surface area contributed by atoms with Crippen LogP contribution in [0, 0.1) is 5.92 Å². The molecule has 1 aromatic carbocycles. The molecule has 0 saturated heterocycles. The maximum absolute atomic E-state index is 5.81. The molecule has 0 atom stereocenters. The van der Waals surface area contributed by atoms with E-state index in [1.807, 2.05) is 18.2 Å². The fourth-order valence-electron chi connectivity index (χ4n) is 2.02. The zero-order chi connectivity index (χ0) is 12.3. The summed E-state index contributed by atoms with van der Waals surface area (Å²) in [6.45, 7) is 1.44. The highest BCUT2D eigenvalue weighted by Crippen LogP contribution is 2.30. The molecule has 3 nitrogen and oxygen atoms in total. The Bertz CT molecular complexity index is 378. The maximum atomic E-state index is 5.81. The van der Waals surface area contributed by atoms with Crippen LogP contribution in [0.15, 0.2) is 22.7 Å². The molecule has 1 aromatic rings. The van der Waals surface area contributed by atoms with Gasteiger partial charge in [0.15, 0.2) is 0 Å². The number of rotatable bonds is 5. The first-order chi connectivity index (χ1) is 8.22. The molecule has 0 radical (unpaired) electrons. The van der Waals surface area contributed by atoms with Gasteiger partial charge in [-0.25, -0.2) is 0 Å². The van der Waals surface area contributed by atoms with Crippen LogP contribution >= 0.6 is 15.9 Å². The fourth-order valence-corrected chi connectivity index (χ4v) is 2.60. The summed E-state index contributed by atoms with van der Waals surface area (Å²) in [5.74, 6) is 1.52. The first-order valence-corrected chi connectivity index (χ1v) is 6.66. The van der Waals surface area contributed by atoms with E-state index in [9.17, 15) is 0 Å². The molecule has 2 rings (SSSR count). The minimum Gasteiger partial charge on any atom is -0.496 e. The van der Waals surface area contributed by atoms with Crippen LogP contribution in [0.25, 0.3) is 0 Å². The molecule has 1 aliphatic carbocycles. The number of nitrogens with two attached hydrogens (primary N) is 1. The molecule has 1 fully saturated rings. The van der Waals surface area contributed by atoms with Gasteiger partial charge in [-0.15, -0.1) is 0 Å². The van der Waals surface area contributed by atoms with E-state index in [-0.39, 0.29) is 0 Å². The highest BCUT2D eigenvalue weighted by molar-refractivity contribution is 9.10. The molecule has 1 saturated carbocycles. The topological polar surface area (TPSA) is 44.5 Å². The number of ether oxygens (including phenoxy) is 2. The van der Waals surface area contributed by atoms with Crippen LogP contribution in [0.3, 0.4) is 0 Å². The van der Waals surface area contributed by atoms with Crippen molar-refractivity contribution in [2.45, 2.75) is 25.6 Å². The molecule has 0 unspecified atom stereocenters. The second-order valence-electron chi connectivity index (χ2n) is 4.48. The van der Waals surface area contributed by atoms with Crippen LogP contribution in [0.4, 0.5) is 0 Å². The molecule has 0 heterocycles. The van der Waals surface area contributed by atoms with Crippen molar-refractivity contribution in [3.05, 3.63) is 28.2 Å². The lowest BCUT2D eigenvalue weighted by Gasteiger charge is -2.34. The van der Waals surface area contributed by atoms with Gasteiger partial charge in [-0.1, -0.05) is 6.07 Å². The third kappa shape index (κ3) is 3.21. The number of hydrogen-bond acceptors (Lipinski definition) is 3. The number of halogens is 1. The fraction of sp³-hybridized carbons (Fsp3) is 0.538. The van der Waals surface area contributed by atoms with Gasteiger partial charge < -0.3 is 15.2 Å². The number of benzene rings is 1. The third-order valence-electron chi connectivity index (χ3n) is 3.23. The van der Waals surface area contributed by atoms with Crippen LogP contribution in [0.5, 0.6) is 5.75 Å². The maximum Gasteiger partial charge on any atom is 0.133 e. The molecule has 17 heavy (non-hydrogen) atoms. The molecular formula is C13H18BrNO2. The predicted octanol–water partition coefficient (Wildman–Crippen LogP) is 2.71. The van der Waals surface area contributed by atoms with E-state index in [0.29, 0.717) is 18.6 Å². The molecule has 0 amide bonds. The van der Waals surface area contributed by atoms with Gasteiger partial charge in [-0.3, -0.25) is 0 Å². The molecule has 94 valence electrons. The summed E-state index contributed by atoms with van der Waals surface area (Å²) < 4.78 is 12.0. The Morgan fingerprint density at radius 1 is 1.41 bits per heavy atom. The summed E-state index contributed by atoms with van der Waals surface area (Å²) in [4.78, 5) is 0.